The zero-order chi connectivity index (χ0) is 19.2. The molecule has 0 saturated carbocycles. The van der Waals surface area contributed by atoms with E-state index in [9.17, 15) is 13.2 Å². The number of hydrogen-bond acceptors (Lipinski definition) is 4. The van der Waals surface area contributed by atoms with E-state index in [0.29, 0.717) is 32.5 Å². The maximum atomic E-state index is 13.1. The molecule has 0 aromatic heterocycles. The van der Waals surface area contributed by atoms with E-state index in [-0.39, 0.29) is 17.7 Å². The van der Waals surface area contributed by atoms with Crippen LogP contribution in [-0.2, 0) is 20.2 Å². The second-order valence-electron chi connectivity index (χ2n) is 6.92. The summed E-state index contributed by atoms with van der Waals surface area (Å²) in [4.78, 5) is 13.1. The molecule has 0 spiro atoms. The number of carbonyl (C=O) groups is 1. The lowest BCUT2D eigenvalue weighted by Gasteiger charge is -2.40. The smallest absolute Gasteiger partial charge is 0.230 e. The normalized spacial score (nSPS) is 19.0. The topological polar surface area (TPSA) is 78.5 Å². The first-order valence-electron chi connectivity index (χ1n) is 9.40. The molecule has 1 amide bonds. The fourth-order valence-corrected chi connectivity index (χ4v) is 4.67. The number of rotatable bonds is 8. The predicted molar refractivity (Wildman–Crippen MR) is 105 cm³/mol. The van der Waals surface area contributed by atoms with Gasteiger partial charge in [0.25, 0.3) is 0 Å². The first kappa shape index (κ1) is 20.9. The van der Waals surface area contributed by atoms with Gasteiger partial charge in [0, 0.05) is 25.7 Å². The minimum absolute atomic E-state index is 0.0120. The molecule has 2 rings (SSSR count). The van der Waals surface area contributed by atoms with Gasteiger partial charge in [0.2, 0.25) is 15.9 Å². The van der Waals surface area contributed by atoms with Crippen molar-refractivity contribution in [1.82, 2.24) is 14.9 Å². The van der Waals surface area contributed by atoms with E-state index in [1.54, 1.807) is 6.92 Å². The van der Waals surface area contributed by atoms with Crippen molar-refractivity contribution >= 4 is 15.9 Å². The molecule has 1 aliphatic heterocycles. The number of hydrogen-bond donors (Lipinski definition) is 2. The number of piperidine rings is 1. The van der Waals surface area contributed by atoms with E-state index in [0.717, 1.165) is 12.1 Å². The van der Waals surface area contributed by atoms with Crippen LogP contribution in [0.25, 0.3) is 0 Å². The van der Waals surface area contributed by atoms with Gasteiger partial charge < -0.3 is 10.6 Å². The first-order valence-corrected chi connectivity index (χ1v) is 11.0. The van der Waals surface area contributed by atoms with E-state index < -0.39 is 15.4 Å². The second-order valence-corrected chi connectivity index (χ2v) is 9.17. The largest absolute Gasteiger partial charge is 0.354 e. The Morgan fingerprint density at radius 1 is 1.19 bits per heavy atom. The lowest BCUT2D eigenvalue weighted by Crippen LogP contribution is -2.54. The van der Waals surface area contributed by atoms with Crippen molar-refractivity contribution in [2.75, 3.05) is 31.9 Å². The molecule has 1 aromatic carbocycles. The Labute approximate surface area is 157 Å². The number of nitrogens with one attached hydrogen (secondary N) is 2. The van der Waals surface area contributed by atoms with Gasteiger partial charge in [-0.1, -0.05) is 37.3 Å². The van der Waals surface area contributed by atoms with Gasteiger partial charge in [0.15, 0.2) is 0 Å². The summed E-state index contributed by atoms with van der Waals surface area (Å²) in [5, 5.41) is 6.36. The standard InChI is InChI=1S/C19H31N3O3S/c1-4-20-16(3)15-21-18(23)19(17-9-7-6-8-10-17)11-13-22(14-12-19)26(24,25)5-2/h6-10,16,20H,4-5,11-15H2,1-3H3,(H,21,23)/t16-/m1/s1. The van der Waals surface area contributed by atoms with E-state index in [1.165, 1.54) is 4.31 Å². The molecule has 6 nitrogen and oxygen atoms in total. The molecule has 26 heavy (non-hydrogen) atoms. The number of benzene rings is 1. The van der Waals surface area contributed by atoms with Crippen molar-refractivity contribution in [3.63, 3.8) is 0 Å². The molecule has 1 aliphatic rings. The summed E-state index contributed by atoms with van der Waals surface area (Å²) in [6.45, 7) is 7.89. The highest BCUT2D eigenvalue weighted by molar-refractivity contribution is 7.89. The highest BCUT2D eigenvalue weighted by Gasteiger charge is 2.44. The number of likely N-dealkylation sites (N-methyl/N-ethyl adjacent to an activating group) is 1. The third-order valence-corrected chi connectivity index (χ3v) is 7.10. The van der Waals surface area contributed by atoms with Crippen LogP contribution in [0.3, 0.4) is 0 Å². The first-order chi connectivity index (χ1) is 12.4. The molecule has 1 atom stereocenters. The SMILES string of the molecule is CCN[C@H](C)CNC(=O)C1(c2ccccc2)CCN(S(=O)(=O)CC)CC1. The molecule has 2 N–H and O–H groups in total. The fourth-order valence-electron chi connectivity index (χ4n) is 3.57. The molecule has 146 valence electrons. The molecule has 0 unspecified atom stereocenters. The molecular weight excluding hydrogens is 350 g/mol. The highest BCUT2D eigenvalue weighted by Crippen LogP contribution is 2.36. The molecule has 1 aromatic rings. The van der Waals surface area contributed by atoms with Crippen molar-refractivity contribution in [1.29, 1.82) is 0 Å². The van der Waals surface area contributed by atoms with Crippen LogP contribution < -0.4 is 10.6 Å². The Hall–Kier alpha value is -1.44. The highest BCUT2D eigenvalue weighted by atomic mass is 32.2. The van der Waals surface area contributed by atoms with E-state index >= 15 is 0 Å². The number of sulfonamides is 1. The zero-order valence-electron chi connectivity index (χ0n) is 16.0. The van der Waals surface area contributed by atoms with Crippen LogP contribution in [0.15, 0.2) is 30.3 Å². The molecule has 1 fully saturated rings. The third kappa shape index (κ3) is 4.64. The lowest BCUT2D eigenvalue weighted by molar-refractivity contribution is -0.128. The van der Waals surface area contributed by atoms with Crippen molar-refractivity contribution in [2.24, 2.45) is 0 Å². The summed E-state index contributed by atoms with van der Waals surface area (Å²) in [6, 6.07) is 9.92. The van der Waals surface area contributed by atoms with Gasteiger partial charge in [-0.2, -0.15) is 0 Å². The van der Waals surface area contributed by atoms with E-state index in [1.807, 2.05) is 44.2 Å². The van der Waals surface area contributed by atoms with Gasteiger partial charge in [-0.05, 0) is 38.8 Å². The van der Waals surface area contributed by atoms with Crippen LogP contribution in [0.5, 0.6) is 0 Å². The van der Waals surface area contributed by atoms with Crippen LogP contribution in [0.2, 0.25) is 0 Å². The molecule has 0 radical (unpaired) electrons. The molecule has 1 heterocycles. The summed E-state index contributed by atoms with van der Waals surface area (Å²) in [6.07, 6.45) is 0.995. The van der Waals surface area contributed by atoms with Crippen molar-refractivity contribution in [3.05, 3.63) is 35.9 Å². The molecule has 7 heteroatoms. The summed E-state index contributed by atoms with van der Waals surface area (Å²) in [5.41, 5.74) is 0.287. The van der Waals surface area contributed by atoms with Crippen molar-refractivity contribution in [2.45, 2.75) is 45.1 Å². The van der Waals surface area contributed by atoms with Gasteiger partial charge in [-0.15, -0.1) is 0 Å². The van der Waals surface area contributed by atoms with Crippen molar-refractivity contribution < 1.29 is 13.2 Å². The third-order valence-electron chi connectivity index (χ3n) is 5.22. The van der Waals surface area contributed by atoms with Gasteiger partial charge >= 0.3 is 0 Å². The average molecular weight is 382 g/mol. The Morgan fingerprint density at radius 2 is 1.81 bits per heavy atom. The minimum Gasteiger partial charge on any atom is -0.354 e. The predicted octanol–water partition coefficient (Wildman–Crippen LogP) is 1.48. The maximum absolute atomic E-state index is 13.1. The fraction of sp³-hybridized carbons (Fsp3) is 0.632. The quantitative estimate of drug-likeness (QED) is 0.715. The monoisotopic (exact) mass is 381 g/mol. The van der Waals surface area contributed by atoms with Crippen LogP contribution in [0, 0.1) is 0 Å². The summed E-state index contributed by atoms with van der Waals surface area (Å²) in [5.74, 6) is 0.0829. The van der Waals surface area contributed by atoms with E-state index in [2.05, 4.69) is 10.6 Å². The van der Waals surface area contributed by atoms with Gasteiger partial charge in [-0.25, -0.2) is 12.7 Å². The number of carbonyl (C=O) groups excluding carboxylic acids is 1. The summed E-state index contributed by atoms with van der Waals surface area (Å²) < 4.78 is 25.9. The number of nitrogens with zero attached hydrogens (tertiary/aromatic N) is 1. The van der Waals surface area contributed by atoms with Crippen molar-refractivity contribution in [3.8, 4) is 0 Å². The van der Waals surface area contributed by atoms with Crippen LogP contribution in [0.1, 0.15) is 39.2 Å². The van der Waals surface area contributed by atoms with E-state index in [4.69, 9.17) is 0 Å². The minimum atomic E-state index is -3.22. The summed E-state index contributed by atoms with van der Waals surface area (Å²) >= 11 is 0. The molecule has 1 saturated heterocycles. The lowest BCUT2D eigenvalue weighted by atomic mass is 9.72. The van der Waals surface area contributed by atoms with Crippen LogP contribution in [0.4, 0.5) is 0 Å². The van der Waals surface area contributed by atoms with Gasteiger partial charge in [-0.3, -0.25) is 4.79 Å². The molecular formula is C19H31N3O3S. The second kappa shape index (κ2) is 8.97. The van der Waals surface area contributed by atoms with Crippen LogP contribution >= 0.6 is 0 Å². The molecule has 0 bridgehead atoms. The van der Waals surface area contributed by atoms with Crippen LogP contribution in [-0.4, -0.2) is 56.6 Å². The Balaban J connectivity index is 2.19. The summed E-state index contributed by atoms with van der Waals surface area (Å²) in [7, 11) is -3.22. The average Bonchev–Trinajstić information content (AvgIpc) is 2.67. The Kier molecular flexibility index (Phi) is 7.20. The van der Waals surface area contributed by atoms with Gasteiger partial charge in [0.05, 0.1) is 11.2 Å². The maximum Gasteiger partial charge on any atom is 0.230 e. The Bertz CT molecular complexity index is 683. The Morgan fingerprint density at radius 3 is 2.35 bits per heavy atom. The molecule has 0 aliphatic carbocycles. The zero-order valence-corrected chi connectivity index (χ0v) is 16.8. The number of amides is 1. The van der Waals surface area contributed by atoms with Gasteiger partial charge in [0.1, 0.15) is 0 Å².